The van der Waals surface area contributed by atoms with Crippen LogP contribution in [0.3, 0.4) is 0 Å². The highest BCUT2D eigenvalue weighted by Crippen LogP contribution is 2.32. The number of nitrogens with one attached hydrogen (secondary N) is 1. The second kappa shape index (κ2) is 9.87. The van der Waals surface area contributed by atoms with Gasteiger partial charge in [0.25, 0.3) is 0 Å². The quantitative estimate of drug-likeness (QED) is 0.689. The zero-order valence-electron chi connectivity index (χ0n) is 17.9. The zero-order valence-corrected chi connectivity index (χ0v) is 17.9. The number of anilines is 2. The van der Waals surface area contributed by atoms with E-state index in [2.05, 4.69) is 22.4 Å². The van der Waals surface area contributed by atoms with Crippen LogP contribution in [0.1, 0.15) is 37.7 Å². The summed E-state index contributed by atoms with van der Waals surface area (Å²) in [5.41, 5.74) is 1.92. The Hall–Kier alpha value is -3.00. The number of ether oxygens (including phenoxy) is 1. The van der Waals surface area contributed by atoms with Gasteiger partial charge in [-0.25, -0.2) is 4.79 Å². The maximum absolute atomic E-state index is 13.2. The third-order valence-corrected chi connectivity index (χ3v) is 5.90. The fourth-order valence-corrected chi connectivity index (χ4v) is 3.96. The molecule has 164 valence electrons. The zero-order chi connectivity index (χ0) is 21.6. The largest absolute Gasteiger partial charge is 0.449 e. The lowest BCUT2D eigenvalue weighted by Gasteiger charge is -2.38. The smallest absolute Gasteiger partial charge is 0.409 e. The summed E-state index contributed by atoms with van der Waals surface area (Å²) in [5, 5.41) is 11.4. The lowest BCUT2D eigenvalue weighted by molar-refractivity contribution is -0.121. The van der Waals surface area contributed by atoms with Crippen molar-refractivity contribution in [3.05, 3.63) is 48.2 Å². The minimum Gasteiger partial charge on any atom is -0.449 e. The number of amides is 2. The predicted molar refractivity (Wildman–Crippen MR) is 117 cm³/mol. The van der Waals surface area contributed by atoms with Crippen LogP contribution in [0, 0.1) is 5.92 Å². The molecule has 1 unspecified atom stereocenters. The van der Waals surface area contributed by atoms with Crippen LogP contribution in [0.2, 0.25) is 0 Å². The number of carbonyl (C=O) groups is 2. The Balaban J connectivity index is 1.43. The Morgan fingerprint density at radius 3 is 2.68 bits per heavy atom. The Morgan fingerprint density at radius 2 is 2.03 bits per heavy atom. The van der Waals surface area contributed by atoms with E-state index in [0.29, 0.717) is 32.1 Å². The van der Waals surface area contributed by atoms with E-state index in [1.54, 1.807) is 28.1 Å². The molecule has 2 amide bonds. The lowest BCUT2D eigenvalue weighted by atomic mass is 9.91. The number of hydrogen-bond acceptors (Lipinski definition) is 6. The van der Waals surface area contributed by atoms with Crippen molar-refractivity contribution in [2.75, 3.05) is 37.7 Å². The first-order valence-electron chi connectivity index (χ1n) is 11.0. The van der Waals surface area contributed by atoms with Crippen LogP contribution in [0.15, 0.2) is 42.6 Å². The van der Waals surface area contributed by atoms with Crippen LogP contribution in [0.5, 0.6) is 0 Å². The molecule has 3 heterocycles. The molecule has 1 aromatic heterocycles. The van der Waals surface area contributed by atoms with Gasteiger partial charge in [-0.2, -0.15) is 5.10 Å². The molecule has 2 saturated heterocycles. The number of likely N-dealkylation sites (tertiary alicyclic amines) is 1. The van der Waals surface area contributed by atoms with Gasteiger partial charge in [0.2, 0.25) is 5.91 Å². The molecule has 0 spiro atoms. The Bertz CT molecular complexity index is 878. The minimum absolute atomic E-state index is 0.0305. The highest BCUT2D eigenvalue weighted by atomic mass is 16.6. The van der Waals surface area contributed by atoms with Crippen LogP contribution in [-0.4, -0.2) is 59.9 Å². The van der Waals surface area contributed by atoms with Crippen molar-refractivity contribution in [3.8, 4) is 0 Å². The van der Waals surface area contributed by atoms with Gasteiger partial charge in [-0.05, 0) is 49.2 Å². The maximum Gasteiger partial charge on any atom is 0.409 e. The van der Waals surface area contributed by atoms with Crippen molar-refractivity contribution in [2.45, 2.75) is 32.1 Å². The topological polar surface area (TPSA) is 87.7 Å². The number of carbonyl (C=O) groups excluding carboxylic acids is 2. The van der Waals surface area contributed by atoms with Crippen LogP contribution in [0.4, 0.5) is 16.3 Å². The van der Waals surface area contributed by atoms with Gasteiger partial charge in [0.1, 0.15) is 0 Å². The van der Waals surface area contributed by atoms with Crippen molar-refractivity contribution in [1.29, 1.82) is 0 Å². The number of unbranched alkanes of at least 4 members (excludes halogenated alkanes) is 1. The van der Waals surface area contributed by atoms with E-state index in [0.717, 1.165) is 37.1 Å². The number of hydrogen-bond donors (Lipinski definition) is 1. The minimum atomic E-state index is -0.231. The van der Waals surface area contributed by atoms with E-state index in [1.165, 1.54) is 0 Å². The van der Waals surface area contributed by atoms with Crippen LogP contribution >= 0.6 is 0 Å². The third kappa shape index (κ3) is 4.85. The maximum atomic E-state index is 13.2. The van der Waals surface area contributed by atoms with Gasteiger partial charge < -0.3 is 15.0 Å². The van der Waals surface area contributed by atoms with E-state index in [4.69, 9.17) is 4.74 Å². The second-order valence-electron chi connectivity index (χ2n) is 8.11. The first-order chi connectivity index (χ1) is 15.2. The molecule has 2 fully saturated rings. The van der Waals surface area contributed by atoms with Gasteiger partial charge in [-0.15, -0.1) is 5.10 Å². The van der Waals surface area contributed by atoms with Crippen molar-refractivity contribution >= 4 is 23.5 Å². The van der Waals surface area contributed by atoms with Crippen LogP contribution < -0.4 is 10.2 Å². The summed E-state index contributed by atoms with van der Waals surface area (Å²) in [6.45, 7) is 5.40. The second-order valence-corrected chi connectivity index (χ2v) is 8.11. The number of nitrogens with zero attached hydrogens (tertiary/aromatic N) is 4. The molecule has 2 aliphatic heterocycles. The third-order valence-electron chi connectivity index (χ3n) is 5.90. The number of benzene rings is 1. The van der Waals surface area contributed by atoms with Gasteiger partial charge in [0.05, 0.1) is 18.2 Å². The molecular formula is C23H29N5O3. The SMILES string of the molecule is CCCCOC(=O)N1CC(c2ccc(N(C(=O)C3CCNC3)c3cccnn3)cc2)C1. The van der Waals surface area contributed by atoms with Crippen molar-refractivity contribution in [2.24, 2.45) is 5.92 Å². The van der Waals surface area contributed by atoms with E-state index in [9.17, 15) is 9.59 Å². The number of rotatable bonds is 7. The summed E-state index contributed by atoms with van der Waals surface area (Å²) < 4.78 is 5.27. The molecule has 4 rings (SSSR count). The standard InChI is InChI=1S/C23H29N5O3/c1-2-3-13-31-23(30)27-15-19(16-27)17-6-8-20(9-7-17)28(21-5-4-11-25-26-21)22(29)18-10-12-24-14-18/h4-9,11,18-19,24H,2-3,10,12-16H2,1H3. The van der Waals surface area contributed by atoms with E-state index < -0.39 is 0 Å². The summed E-state index contributed by atoms with van der Waals surface area (Å²) in [7, 11) is 0. The Labute approximate surface area is 182 Å². The van der Waals surface area contributed by atoms with Crippen molar-refractivity contribution in [1.82, 2.24) is 20.4 Å². The fourth-order valence-electron chi connectivity index (χ4n) is 3.96. The Kier molecular flexibility index (Phi) is 6.76. The summed E-state index contributed by atoms with van der Waals surface area (Å²) in [6.07, 6.45) is 4.09. The van der Waals surface area contributed by atoms with Gasteiger partial charge in [-0.1, -0.05) is 25.5 Å². The molecule has 2 aliphatic rings. The molecule has 1 atom stereocenters. The molecule has 0 radical (unpaired) electrons. The van der Waals surface area contributed by atoms with Crippen molar-refractivity contribution < 1.29 is 14.3 Å². The molecular weight excluding hydrogens is 394 g/mol. The fraction of sp³-hybridized carbons (Fsp3) is 0.478. The lowest BCUT2D eigenvalue weighted by Crippen LogP contribution is -2.48. The van der Waals surface area contributed by atoms with Crippen molar-refractivity contribution in [3.63, 3.8) is 0 Å². The van der Waals surface area contributed by atoms with Gasteiger partial charge in [-0.3, -0.25) is 9.69 Å². The molecule has 31 heavy (non-hydrogen) atoms. The molecule has 0 aliphatic carbocycles. The molecule has 1 N–H and O–H groups in total. The van der Waals surface area contributed by atoms with Crippen LogP contribution in [0.25, 0.3) is 0 Å². The Morgan fingerprint density at radius 1 is 1.23 bits per heavy atom. The molecule has 8 heteroatoms. The normalized spacial score (nSPS) is 18.5. The summed E-state index contributed by atoms with van der Waals surface area (Å²) in [6, 6.07) is 11.5. The van der Waals surface area contributed by atoms with Gasteiger partial charge in [0, 0.05) is 31.7 Å². The van der Waals surface area contributed by atoms with Crippen LogP contribution in [-0.2, 0) is 9.53 Å². The summed E-state index contributed by atoms with van der Waals surface area (Å²) >= 11 is 0. The molecule has 1 aromatic carbocycles. The number of aromatic nitrogens is 2. The first kappa shape index (κ1) is 21.2. The van der Waals surface area contributed by atoms with E-state index in [-0.39, 0.29) is 23.8 Å². The monoisotopic (exact) mass is 423 g/mol. The first-order valence-corrected chi connectivity index (χ1v) is 11.0. The molecule has 0 saturated carbocycles. The predicted octanol–water partition coefficient (Wildman–Crippen LogP) is 3.09. The average Bonchev–Trinajstić information content (AvgIpc) is 3.30. The highest BCUT2D eigenvalue weighted by molar-refractivity contribution is 6.01. The summed E-state index contributed by atoms with van der Waals surface area (Å²) in [5.74, 6) is 0.771. The van der Waals surface area contributed by atoms with E-state index in [1.807, 2.05) is 24.3 Å². The molecule has 2 aromatic rings. The van der Waals surface area contributed by atoms with Gasteiger partial charge in [0.15, 0.2) is 5.82 Å². The summed E-state index contributed by atoms with van der Waals surface area (Å²) in [4.78, 5) is 28.6. The average molecular weight is 424 g/mol. The molecule has 8 nitrogen and oxygen atoms in total. The molecule has 0 bridgehead atoms. The highest BCUT2D eigenvalue weighted by Gasteiger charge is 2.33. The van der Waals surface area contributed by atoms with Gasteiger partial charge >= 0.3 is 6.09 Å². The van der Waals surface area contributed by atoms with E-state index >= 15 is 0 Å².